The van der Waals surface area contributed by atoms with Crippen LogP contribution in [0, 0.1) is 0 Å². The summed E-state index contributed by atoms with van der Waals surface area (Å²) < 4.78 is 0. The maximum Gasteiger partial charge on any atom is 0.243 e. The summed E-state index contributed by atoms with van der Waals surface area (Å²) in [6.45, 7) is 4.07. The molecule has 0 bridgehead atoms. The first-order valence-corrected chi connectivity index (χ1v) is 12.8. The normalized spacial score (nSPS) is 11.8. The molecule has 0 unspecified atom stereocenters. The first-order chi connectivity index (χ1) is 16.3. The van der Waals surface area contributed by atoms with Crippen LogP contribution in [0.2, 0.25) is 10.0 Å². The van der Waals surface area contributed by atoms with Gasteiger partial charge in [-0.2, -0.15) is 0 Å². The summed E-state index contributed by atoms with van der Waals surface area (Å²) in [6.07, 6.45) is 0.405. The van der Waals surface area contributed by atoms with Crippen LogP contribution >= 0.6 is 35.0 Å². The van der Waals surface area contributed by atoms with Crippen molar-refractivity contribution in [1.29, 1.82) is 0 Å². The molecular weight excluding hydrogens is 487 g/mol. The fraction of sp³-hybridized carbons (Fsp3) is 0.259. The van der Waals surface area contributed by atoms with Gasteiger partial charge in [0, 0.05) is 23.9 Å². The Morgan fingerprint density at radius 3 is 2.15 bits per heavy atom. The van der Waals surface area contributed by atoms with Gasteiger partial charge in [-0.3, -0.25) is 9.59 Å². The van der Waals surface area contributed by atoms with Crippen LogP contribution in [0.15, 0.2) is 83.8 Å². The third-order valence-electron chi connectivity index (χ3n) is 5.14. The highest BCUT2D eigenvalue weighted by Gasteiger charge is 2.30. The molecule has 0 spiro atoms. The van der Waals surface area contributed by atoms with Gasteiger partial charge in [-0.05, 0) is 49.2 Å². The van der Waals surface area contributed by atoms with Crippen LogP contribution in [0.1, 0.15) is 25.0 Å². The zero-order chi connectivity index (χ0) is 24.5. The van der Waals surface area contributed by atoms with Crippen LogP contribution in [0.3, 0.4) is 0 Å². The van der Waals surface area contributed by atoms with E-state index in [1.165, 1.54) is 11.8 Å². The topological polar surface area (TPSA) is 49.4 Å². The Hall–Kier alpha value is -2.47. The minimum atomic E-state index is -0.678. The summed E-state index contributed by atoms with van der Waals surface area (Å²) in [5.74, 6) is -0.0947. The molecule has 0 aliphatic heterocycles. The fourth-order valence-electron chi connectivity index (χ4n) is 3.51. The third kappa shape index (κ3) is 7.79. The van der Waals surface area contributed by atoms with Crippen LogP contribution in [0.4, 0.5) is 0 Å². The van der Waals surface area contributed by atoms with Crippen LogP contribution in [0.5, 0.6) is 0 Å². The summed E-state index contributed by atoms with van der Waals surface area (Å²) >= 11 is 13.8. The Morgan fingerprint density at radius 1 is 0.882 bits per heavy atom. The lowest BCUT2D eigenvalue weighted by Gasteiger charge is -2.32. The molecule has 3 rings (SSSR count). The molecule has 3 aromatic rings. The van der Waals surface area contributed by atoms with E-state index >= 15 is 0 Å². The van der Waals surface area contributed by atoms with E-state index in [2.05, 4.69) is 5.32 Å². The summed E-state index contributed by atoms with van der Waals surface area (Å²) in [6, 6.07) is 24.0. The van der Waals surface area contributed by atoms with E-state index in [9.17, 15) is 9.59 Å². The Bertz CT molecular complexity index is 1090. The highest BCUT2D eigenvalue weighted by atomic mass is 35.5. The highest BCUT2D eigenvalue weighted by molar-refractivity contribution is 8.00. The van der Waals surface area contributed by atoms with E-state index in [4.69, 9.17) is 23.2 Å². The molecule has 3 aromatic carbocycles. The van der Waals surface area contributed by atoms with Crippen LogP contribution in [-0.4, -0.2) is 34.6 Å². The predicted octanol–water partition coefficient (Wildman–Crippen LogP) is 6.25. The van der Waals surface area contributed by atoms with Gasteiger partial charge in [-0.1, -0.05) is 77.8 Å². The van der Waals surface area contributed by atoms with Gasteiger partial charge < -0.3 is 10.2 Å². The van der Waals surface area contributed by atoms with Gasteiger partial charge >= 0.3 is 0 Å². The molecule has 0 radical (unpaired) electrons. The minimum absolute atomic E-state index is 0.0496. The Balaban J connectivity index is 1.92. The van der Waals surface area contributed by atoms with Gasteiger partial charge in [0.15, 0.2) is 0 Å². The van der Waals surface area contributed by atoms with Crippen molar-refractivity contribution in [3.63, 3.8) is 0 Å². The fourth-order valence-corrected chi connectivity index (χ4v) is 4.64. The SMILES string of the molecule is CC(C)NC(=O)[C@H](Cc1ccccc1)N(Cc1ccc(Cl)c(Cl)c1)C(=O)CSc1ccccc1. The van der Waals surface area contributed by atoms with Crippen molar-refractivity contribution in [2.75, 3.05) is 5.75 Å². The molecule has 178 valence electrons. The highest BCUT2D eigenvalue weighted by Crippen LogP contribution is 2.25. The number of carbonyl (C=O) groups excluding carboxylic acids is 2. The molecule has 0 heterocycles. The quantitative estimate of drug-likeness (QED) is 0.325. The van der Waals surface area contributed by atoms with Crippen molar-refractivity contribution >= 4 is 46.8 Å². The Labute approximate surface area is 215 Å². The molecule has 0 aliphatic carbocycles. The van der Waals surface area contributed by atoms with E-state index in [1.54, 1.807) is 17.0 Å². The van der Waals surface area contributed by atoms with E-state index in [0.29, 0.717) is 16.5 Å². The Morgan fingerprint density at radius 2 is 1.53 bits per heavy atom. The van der Waals surface area contributed by atoms with Crippen LogP contribution < -0.4 is 5.32 Å². The van der Waals surface area contributed by atoms with Gasteiger partial charge in [0.25, 0.3) is 0 Å². The minimum Gasteiger partial charge on any atom is -0.352 e. The number of nitrogens with zero attached hydrogens (tertiary/aromatic N) is 1. The van der Waals surface area contributed by atoms with Crippen molar-refractivity contribution in [3.8, 4) is 0 Å². The standard InChI is InChI=1S/C27H28Cl2N2O2S/c1-19(2)30-27(33)25(16-20-9-5-3-6-10-20)31(17-21-13-14-23(28)24(29)15-21)26(32)18-34-22-11-7-4-8-12-22/h3-15,19,25H,16-18H2,1-2H3,(H,30,33)/t25-/m0/s1. The summed E-state index contributed by atoms with van der Waals surface area (Å²) in [7, 11) is 0. The van der Waals surface area contributed by atoms with Crippen molar-refractivity contribution in [2.45, 2.75) is 43.8 Å². The van der Waals surface area contributed by atoms with Gasteiger partial charge in [-0.15, -0.1) is 11.8 Å². The number of nitrogens with one attached hydrogen (secondary N) is 1. The van der Waals surface area contributed by atoms with Crippen molar-refractivity contribution in [2.24, 2.45) is 0 Å². The van der Waals surface area contributed by atoms with Crippen LogP contribution in [0.25, 0.3) is 0 Å². The van der Waals surface area contributed by atoms with Gasteiger partial charge in [-0.25, -0.2) is 0 Å². The number of hydrogen-bond donors (Lipinski definition) is 1. The van der Waals surface area contributed by atoms with E-state index < -0.39 is 6.04 Å². The summed E-state index contributed by atoms with van der Waals surface area (Å²) in [5, 5.41) is 3.85. The number of halogens is 2. The summed E-state index contributed by atoms with van der Waals surface area (Å²) in [5.41, 5.74) is 1.79. The Kier molecular flexibility index (Phi) is 9.87. The van der Waals surface area contributed by atoms with E-state index in [-0.39, 0.29) is 30.2 Å². The summed E-state index contributed by atoms with van der Waals surface area (Å²) in [4.78, 5) is 29.5. The van der Waals surface area contributed by atoms with Crippen molar-refractivity contribution in [3.05, 3.63) is 100 Å². The number of hydrogen-bond acceptors (Lipinski definition) is 3. The predicted molar refractivity (Wildman–Crippen MR) is 141 cm³/mol. The molecular formula is C27H28Cl2N2O2S. The molecule has 1 atom stereocenters. The molecule has 1 N–H and O–H groups in total. The van der Waals surface area contributed by atoms with Crippen molar-refractivity contribution in [1.82, 2.24) is 10.2 Å². The first kappa shape index (κ1) is 26.1. The maximum atomic E-state index is 13.6. The second-order valence-electron chi connectivity index (χ2n) is 8.24. The average molecular weight is 516 g/mol. The number of benzene rings is 3. The molecule has 7 heteroatoms. The van der Waals surface area contributed by atoms with E-state index in [0.717, 1.165) is 16.0 Å². The van der Waals surface area contributed by atoms with Crippen molar-refractivity contribution < 1.29 is 9.59 Å². The molecule has 2 amide bonds. The lowest BCUT2D eigenvalue weighted by Crippen LogP contribution is -2.52. The molecule has 34 heavy (non-hydrogen) atoms. The molecule has 0 aliphatic rings. The number of carbonyl (C=O) groups is 2. The maximum absolute atomic E-state index is 13.6. The molecule has 0 fully saturated rings. The molecule has 0 saturated heterocycles. The second-order valence-corrected chi connectivity index (χ2v) is 10.1. The number of rotatable bonds is 10. The van der Waals surface area contributed by atoms with Gasteiger partial charge in [0.2, 0.25) is 11.8 Å². The van der Waals surface area contributed by atoms with E-state index in [1.807, 2.05) is 80.6 Å². The molecule has 4 nitrogen and oxygen atoms in total. The lowest BCUT2D eigenvalue weighted by atomic mass is 10.0. The monoisotopic (exact) mass is 514 g/mol. The smallest absolute Gasteiger partial charge is 0.243 e. The number of amides is 2. The van der Waals surface area contributed by atoms with Gasteiger partial charge in [0.1, 0.15) is 6.04 Å². The largest absolute Gasteiger partial charge is 0.352 e. The zero-order valence-corrected chi connectivity index (χ0v) is 21.5. The zero-order valence-electron chi connectivity index (χ0n) is 19.2. The average Bonchev–Trinajstić information content (AvgIpc) is 2.83. The third-order valence-corrected chi connectivity index (χ3v) is 6.88. The first-order valence-electron chi connectivity index (χ1n) is 11.1. The molecule has 0 aromatic heterocycles. The van der Waals surface area contributed by atoms with Crippen LogP contribution in [-0.2, 0) is 22.6 Å². The lowest BCUT2D eigenvalue weighted by molar-refractivity contribution is -0.139. The number of thioether (sulfide) groups is 1. The van der Waals surface area contributed by atoms with Gasteiger partial charge in [0.05, 0.1) is 15.8 Å². The second kappa shape index (κ2) is 12.8. The molecule has 0 saturated carbocycles.